The van der Waals surface area contributed by atoms with E-state index in [1.54, 1.807) is 16.7 Å². The third-order valence-electron chi connectivity index (χ3n) is 4.22. The maximum Gasteiger partial charge on any atom is 0.410 e. The van der Waals surface area contributed by atoms with Gasteiger partial charge in [0.1, 0.15) is 6.61 Å². The average Bonchev–Trinajstić information content (AvgIpc) is 3.02. The van der Waals surface area contributed by atoms with Crippen LogP contribution < -0.4 is 5.73 Å². The maximum absolute atomic E-state index is 12.3. The summed E-state index contributed by atoms with van der Waals surface area (Å²) in [5.41, 5.74) is 6.71. The van der Waals surface area contributed by atoms with E-state index in [-0.39, 0.29) is 30.7 Å². The summed E-state index contributed by atoms with van der Waals surface area (Å²) in [7, 11) is 0. The fourth-order valence-electron chi connectivity index (χ4n) is 3.04. The molecule has 2 N–H and O–H groups in total. The second-order valence-corrected chi connectivity index (χ2v) is 6.56. The van der Waals surface area contributed by atoms with Crippen molar-refractivity contribution in [1.29, 1.82) is 0 Å². The van der Waals surface area contributed by atoms with E-state index in [0.29, 0.717) is 13.1 Å². The zero-order valence-corrected chi connectivity index (χ0v) is 14.6. The number of carbonyl (C=O) groups is 2. The number of carbonyl (C=O) groups excluding carboxylic acids is 2. The lowest BCUT2D eigenvalue weighted by atomic mass is 10.1. The molecule has 0 radical (unpaired) electrons. The van der Waals surface area contributed by atoms with Crippen LogP contribution in [0.5, 0.6) is 0 Å². The van der Waals surface area contributed by atoms with Crippen LogP contribution in [0.25, 0.3) is 0 Å². The molecule has 2 rings (SSSR count). The Kier molecular flexibility index (Phi) is 6.20. The molecule has 0 bridgehead atoms. The highest BCUT2D eigenvalue weighted by Crippen LogP contribution is 2.20. The van der Waals surface area contributed by atoms with Gasteiger partial charge in [0.15, 0.2) is 0 Å². The van der Waals surface area contributed by atoms with E-state index in [1.165, 1.54) is 0 Å². The van der Waals surface area contributed by atoms with Crippen molar-refractivity contribution >= 4 is 12.0 Å². The maximum atomic E-state index is 12.3. The number of nitrogens with two attached hydrogens (primary N) is 1. The van der Waals surface area contributed by atoms with E-state index < -0.39 is 6.04 Å². The summed E-state index contributed by atoms with van der Waals surface area (Å²) in [5, 5.41) is 0. The number of hydrogen-bond donors (Lipinski definition) is 1. The molecule has 1 heterocycles. The molecule has 2 amide bonds. The predicted molar refractivity (Wildman–Crippen MR) is 92.2 cm³/mol. The van der Waals surface area contributed by atoms with Gasteiger partial charge in [0.25, 0.3) is 0 Å². The molecule has 1 aromatic rings. The summed E-state index contributed by atoms with van der Waals surface area (Å²) >= 11 is 0. The van der Waals surface area contributed by atoms with Crippen molar-refractivity contribution < 1.29 is 14.3 Å². The minimum Gasteiger partial charge on any atom is -0.445 e. The second-order valence-electron chi connectivity index (χ2n) is 6.56. The molecule has 1 aliphatic rings. The zero-order chi connectivity index (χ0) is 17.7. The summed E-state index contributed by atoms with van der Waals surface area (Å²) in [5.74, 6) is -0.0745. The van der Waals surface area contributed by atoms with Crippen LogP contribution in [0.4, 0.5) is 4.79 Å². The number of rotatable bonds is 5. The lowest BCUT2D eigenvalue weighted by Gasteiger charge is -2.34. The Balaban J connectivity index is 1.91. The lowest BCUT2D eigenvalue weighted by Crippen LogP contribution is -2.52. The third kappa shape index (κ3) is 4.47. The number of benzene rings is 1. The van der Waals surface area contributed by atoms with Gasteiger partial charge in [0.2, 0.25) is 5.91 Å². The highest BCUT2D eigenvalue weighted by atomic mass is 16.6. The largest absolute Gasteiger partial charge is 0.445 e. The molecule has 0 saturated carbocycles. The minimum absolute atomic E-state index is 0.00669. The highest BCUT2D eigenvalue weighted by Gasteiger charge is 2.35. The summed E-state index contributed by atoms with van der Waals surface area (Å²) < 4.78 is 5.37. The van der Waals surface area contributed by atoms with Gasteiger partial charge >= 0.3 is 6.09 Å². The first-order valence-electron chi connectivity index (χ1n) is 8.43. The van der Waals surface area contributed by atoms with Crippen molar-refractivity contribution in [3.63, 3.8) is 0 Å². The van der Waals surface area contributed by atoms with Crippen molar-refractivity contribution in [2.75, 3.05) is 13.1 Å². The first kappa shape index (κ1) is 18.3. The quantitative estimate of drug-likeness (QED) is 0.894. The number of ether oxygens (including phenoxy) is 1. The molecule has 1 aromatic carbocycles. The van der Waals surface area contributed by atoms with E-state index in [2.05, 4.69) is 0 Å². The van der Waals surface area contributed by atoms with Gasteiger partial charge in [-0.15, -0.1) is 0 Å². The summed E-state index contributed by atoms with van der Waals surface area (Å²) in [6.45, 7) is 6.97. The molecule has 1 fully saturated rings. The molecule has 6 nitrogen and oxygen atoms in total. The Bertz CT molecular complexity index is 560. The van der Waals surface area contributed by atoms with Gasteiger partial charge in [-0.3, -0.25) is 4.79 Å². The van der Waals surface area contributed by atoms with Gasteiger partial charge in [-0.2, -0.15) is 0 Å². The number of likely N-dealkylation sites (tertiary alicyclic amines) is 1. The predicted octanol–water partition coefficient (Wildman–Crippen LogP) is 1.98. The Morgan fingerprint density at radius 3 is 2.54 bits per heavy atom. The number of hydrogen-bond acceptors (Lipinski definition) is 4. The SMILES string of the molecule is CC(C)N(C(=O)[C@H](C)N)[C@H]1CCN(C(=O)OCc2ccccc2)C1. The fourth-order valence-corrected chi connectivity index (χ4v) is 3.04. The molecule has 132 valence electrons. The summed E-state index contributed by atoms with van der Waals surface area (Å²) in [4.78, 5) is 28.0. The van der Waals surface area contributed by atoms with Crippen LogP contribution in [0.3, 0.4) is 0 Å². The molecular weight excluding hydrogens is 306 g/mol. The van der Waals surface area contributed by atoms with Crippen molar-refractivity contribution in [1.82, 2.24) is 9.80 Å². The van der Waals surface area contributed by atoms with Crippen molar-refractivity contribution in [3.05, 3.63) is 35.9 Å². The van der Waals surface area contributed by atoms with E-state index >= 15 is 0 Å². The van der Waals surface area contributed by atoms with E-state index in [9.17, 15) is 9.59 Å². The molecule has 2 atom stereocenters. The zero-order valence-electron chi connectivity index (χ0n) is 14.6. The standard InChI is InChI=1S/C18H27N3O3/c1-13(2)21(17(22)14(3)19)16-9-10-20(11-16)18(23)24-12-15-7-5-4-6-8-15/h4-8,13-14,16H,9-12,19H2,1-3H3/t14-,16-/m0/s1. The minimum atomic E-state index is -0.536. The van der Waals surface area contributed by atoms with Gasteiger partial charge in [-0.05, 0) is 32.8 Å². The van der Waals surface area contributed by atoms with Gasteiger partial charge < -0.3 is 20.3 Å². The molecule has 0 unspecified atom stereocenters. The van der Waals surface area contributed by atoms with Gasteiger partial charge in [0.05, 0.1) is 12.1 Å². The molecule has 24 heavy (non-hydrogen) atoms. The van der Waals surface area contributed by atoms with Crippen LogP contribution in [-0.4, -0.2) is 53.0 Å². The van der Waals surface area contributed by atoms with E-state index in [4.69, 9.17) is 10.5 Å². The molecule has 0 aliphatic carbocycles. The Labute approximate surface area is 143 Å². The molecular formula is C18H27N3O3. The van der Waals surface area contributed by atoms with Crippen LogP contribution in [-0.2, 0) is 16.1 Å². The van der Waals surface area contributed by atoms with Crippen molar-refractivity contribution in [3.8, 4) is 0 Å². The lowest BCUT2D eigenvalue weighted by molar-refractivity contribution is -0.136. The Hall–Kier alpha value is -2.08. The molecule has 1 aliphatic heterocycles. The Morgan fingerprint density at radius 2 is 1.96 bits per heavy atom. The first-order valence-corrected chi connectivity index (χ1v) is 8.43. The topological polar surface area (TPSA) is 75.9 Å². The molecule has 0 aromatic heterocycles. The van der Waals surface area contributed by atoms with Crippen molar-refractivity contribution in [2.45, 2.75) is 51.9 Å². The van der Waals surface area contributed by atoms with Crippen LogP contribution in [0, 0.1) is 0 Å². The normalized spacial score (nSPS) is 18.5. The van der Waals surface area contributed by atoms with Crippen LogP contribution >= 0.6 is 0 Å². The van der Waals surface area contributed by atoms with Crippen LogP contribution in [0.15, 0.2) is 30.3 Å². The highest BCUT2D eigenvalue weighted by molar-refractivity contribution is 5.82. The third-order valence-corrected chi connectivity index (χ3v) is 4.22. The monoisotopic (exact) mass is 333 g/mol. The van der Waals surface area contributed by atoms with Crippen LogP contribution in [0.1, 0.15) is 32.8 Å². The summed E-state index contributed by atoms with van der Waals surface area (Å²) in [6, 6.07) is 9.09. The van der Waals surface area contributed by atoms with E-state index in [1.807, 2.05) is 44.2 Å². The second kappa shape index (κ2) is 8.15. The van der Waals surface area contributed by atoms with Gasteiger partial charge in [0, 0.05) is 19.1 Å². The van der Waals surface area contributed by atoms with Gasteiger partial charge in [-0.25, -0.2) is 4.79 Å². The van der Waals surface area contributed by atoms with Crippen molar-refractivity contribution in [2.24, 2.45) is 5.73 Å². The fraction of sp³-hybridized carbons (Fsp3) is 0.556. The number of amides is 2. The number of nitrogens with zero attached hydrogens (tertiary/aromatic N) is 2. The van der Waals surface area contributed by atoms with E-state index in [0.717, 1.165) is 12.0 Å². The molecule has 6 heteroatoms. The first-order chi connectivity index (χ1) is 11.4. The smallest absolute Gasteiger partial charge is 0.410 e. The average molecular weight is 333 g/mol. The summed E-state index contributed by atoms with van der Waals surface area (Å²) in [6.07, 6.45) is 0.412. The van der Waals surface area contributed by atoms with Crippen LogP contribution in [0.2, 0.25) is 0 Å². The Morgan fingerprint density at radius 1 is 1.29 bits per heavy atom. The van der Waals surface area contributed by atoms with Gasteiger partial charge in [-0.1, -0.05) is 30.3 Å². The molecule has 1 saturated heterocycles. The molecule has 0 spiro atoms.